The van der Waals surface area contributed by atoms with Gasteiger partial charge < -0.3 is 0 Å². The summed E-state index contributed by atoms with van der Waals surface area (Å²) in [4.78, 5) is 22.1. The molecule has 1 atom stereocenters. The third-order valence-electron chi connectivity index (χ3n) is 4.28. The van der Waals surface area contributed by atoms with E-state index < -0.39 is 4.92 Å². The van der Waals surface area contributed by atoms with E-state index in [4.69, 9.17) is 5.26 Å². The highest BCUT2D eigenvalue weighted by Crippen LogP contribution is 2.25. The molecule has 1 fully saturated rings. The maximum absolute atomic E-state index is 12.0. The quantitative estimate of drug-likeness (QED) is 0.550. The Morgan fingerprint density at radius 2 is 2.15 bits per heavy atom. The van der Waals surface area contributed by atoms with E-state index >= 15 is 0 Å². The Balaban J connectivity index is 1.75. The predicted octanol–water partition coefficient (Wildman–Crippen LogP) is 3.79. The first-order valence-electron chi connectivity index (χ1n) is 8.63. The van der Waals surface area contributed by atoms with Crippen LogP contribution in [0.4, 0.5) is 5.69 Å². The summed E-state index contributed by atoms with van der Waals surface area (Å²) in [6, 6.07) is 8.50. The van der Waals surface area contributed by atoms with E-state index in [0.717, 1.165) is 43.4 Å². The van der Waals surface area contributed by atoms with Crippen molar-refractivity contribution < 1.29 is 9.72 Å². The van der Waals surface area contributed by atoms with E-state index in [1.165, 1.54) is 23.9 Å². The molecule has 1 aromatic carbocycles. The second-order valence-electron chi connectivity index (χ2n) is 6.19. The SMILES string of the molecule is N#CCC[C@H]1CCCC/C1=N/NC(=O)CSCc1ccc([N+](=O)[O-])cc1. The number of nitro groups is 1. The van der Waals surface area contributed by atoms with Gasteiger partial charge in [0, 0.05) is 35.9 Å². The molecule has 0 spiro atoms. The molecule has 0 aromatic heterocycles. The molecule has 0 heterocycles. The molecule has 0 bridgehead atoms. The third-order valence-corrected chi connectivity index (χ3v) is 5.29. The van der Waals surface area contributed by atoms with Gasteiger partial charge in [0.1, 0.15) is 0 Å². The number of carbonyl (C=O) groups is 1. The number of non-ortho nitro benzene ring substituents is 1. The Hall–Kier alpha value is -2.40. The van der Waals surface area contributed by atoms with Crippen LogP contribution in [0, 0.1) is 27.4 Å². The minimum absolute atomic E-state index is 0.0609. The standard InChI is InChI=1S/C18H22N4O3S/c19-11-3-5-15-4-1-2-6-17(15)20-21-18(23)13-26-12-14-7-9-16(10-8-14)22(24)25/h7-10,15H,1-6,12-13H2,(H,21,23)/b20-17-/t15-/m1/s1. The van der Waals surface area contributed by atoms with Gasteiger partial charge in [0.15, 0.2) is 0 Å². The van der Waals surface area contributed by atoms with Gasteiger partial charge in [-0.1, -0.05) is 18.6 Å². The first-order chi connectivity index (χ1) is 12.6. The van der Waals surface area contributed by atoms with Crippen molar-refractivity contribution in [2.24, 2.45) is 11.0 Å². The van der Waals surface area contributed by atoms with E-state index in [1.54, 1.807) is 12.1 Å². The van der Waals surface area contributed by atoms with E-state index in [0.29, 0.717) is 18.1 Å². The van der Waals surface area contributed by atoms with Crippen LogP contribution in [-0.2, 0) is 10.5 Å². The molecule has 1 amide bonds. The van der Waals surface area contributed by atoms with Gasteiger partial charge in [-0.15, -0.1) is 11.8 Å². The van der Waals surface area contributed by atoms with Crippen LogP contribution < -0.4 is 5.43 Å². The predicted molar refractivity (Wildman–Crippen MR) is 102 cm³/mol. The molecule has 0 unspecified atom stereocenters. The Morgan fingerprint density at radius 3 is 2.85 bits per heavy atom. The van der Waals surface area contributed by atoms with E-state index in [2.05, 4.69) is 16.6 Å². The summed E-state index contributed by atoms with van der Waals surface area (Å²) in [5, 5.41) is 23.7. The minimum atomic E-state index is -0.432. The highest BCUT2D eigenvalue weighted by molar-refractivity contribution is 7.99. The Labute approximate surface area is 157 Å². The first kappa shape index (κ1) is 19.9. The number of hydrogen-bond donors (Lipinski definition) is 1. The molecule has 1 N–H and O–H groups in total. The third kappa shape index (κ3) is 6.48. The normalized spacial score (nSPS) is 18.3. The Kier molecular flexibility index (Phi) is 8.09. The molecule has 26 heavy (non-hydrogen) atoms. The van der Waals surface area contributed by atoms with Crippen LogP contribution >= 0.6 is 11.8 Å². The molecule has 0 radical (unpaired) electrons. The number of nitrogens with one attached hydrogen (secondary N) is 1. The lowest BCUT2D eigenvalue weighted by atomic mass is 9.84. The zero-order chi connectivity index (χ0) is 18.8. The van der Waals surface area contributed by atoms with Gasteiger partial charge in [0.2, 0.25) is 5.91 Å². The highest BCUT2D eigenvalue weighted by Gasteiger charge is 2.20. The van der Waals surface area contributed by atoms with Crippen LogP contribution in [-0.4, -0.2) is 22.3 Å². The molecule has 1 saturated carbocycles. The van der Waals surface area contributed by atoms with Crippen LogP contribution in [0.1, 0.15) is 44.1 Å². The minimum Gasteiger partial charge on any atom is -0.272 e. The first-order valence-corrected chi connectivity index (χ1v) is 9.79. The maximum atomic E-state index is 12.0. The Bertz CT molecular complexity index is 697. The fourth-order valence-corrected chi connectivity index (χ4v) is 3.69. The zero-order valence-corrected chi connectivity index (χ0v) is 15.3. The molecule has 0 saturated heterocycles. The largest absolute Gasteiger partial charge is 0.272 e. The average Bonchev–Trinajstić information content (AvgIpc) is 2.65. The molecule has 1 aromatic rings. The van der Waals surface area contributed by atoms with Crippen molar-refractivity contribution in [2.45, 2.75) is 44.3 Å². The summed E-state index contributed by atoms with van der Waals surface area (Å²) in [6.07, 6.45) is 5.46. The number of hydrazone groups is 1. The summed E-state index contributed by atoms with van der Waals surface area (Å²) in [6.45, 7) is 0. The molecule has 0 aliphatic heterocycles. The molecule has 1 aliphatic rings. The molecule has 138 valence electrons. The highest BCUT2D eigenvalue weighted by atomic mass is 32.2. The lowest BCUT2D eigenvalue weighted by molar-refractivity contribution is -0.384. The fourth-order valence-electron chi connectivity index (χ4n) is 2.91. The van der Waals surface area contributed by atoms with E-state index in [1.807, 2.05) is 0 Å². The van der Waals surface area contributed by atoms with Crippen LogP contribution in [0.2, 0.25) is 0 Å². The molecular formula is C18H22N4O3S. The van der Waals surface area contributed by atoms with Crippen LogP contribution in [0.3, 0.4) is 0 Å². The summed E-state index contributed by atoms with van der Waals surface area (Å²) >= 11 is 1.44. The number of carbonyl (C=O) groups excluding carboxylic acids is 1. The van der Waals surface area contributed by atoms with Crippen molar-refractivity contribution in [1.82, 2.24) is 5.43 Å². The number of hydrogen-bond acceptors (Lipinski definition) is 6. The smallest absolute Gasteiger partial charge is 0.269 e. The number of nitro benzene ring substituents is 1. The molecule has 1 aliphatic carbocycles. The number of rotatable bonds is 8. The lowest BCUT2D eigenvalue weighted by Crippen LogP contribution is -2.26. The second kappa shape index (κ2) is 10.6. The molecule has 2 rings (SSSR count). The van der Waals surface area contributed by atoms with Gasteiger partial charge in [-0.05, 0) is 31.2 Å². The van der Waals surface area contributed by atoms with Crippen LogP contribution in [0.25, 0.3) is 0 Å². The van der Waals surface area contributed by atoms with Gasteiger partial charge in [0.05, 0.1) is 16.7 Å². The van der Waals surface area contributed by atoms with Crippen molar-refractivity contribution >= 4 is 29.1 Å². The average molecular weight is 374 g/mol. The van der Waals surface area contributed by atoms with Crippen LogP contribution in [0.5, 0.6) is 0 Å². The molecule has 7 nitrogen and oxygen atoms in total. The number of nitrogens with zero attached hydrogens (tertiary/aromatic N) is 3. The van der Waals surface area contributed by atoms with Gasteiger partial charge in [0.25, 0.3) is 5.69 Å². The van der Waals surface area contributed by atoms with Crippen molar-refractivity contribution in [2.75, 3.05) is 5.75 Å². The van der Waals surface area contributed by atoms with Crippen molar-refractivity contribution in [1.29, 1.82) is 5.26 Å². The van der Waals surface area contributed by atoms with Crippen molar-refractivity contribution in [3.05, 3.63) is 39.9 Å². The zero-order valence-electron chi connectivity index (χ0n) is 14.5. The number of amides is 1. The monoisotopic (exact) mass is 374 g/mol. The van der Waals surface area contributed by atoms with Crippen molar-refractivity contribution in [3.63, 3.8) is 0 Å². The maximum Gasteiger partial charge on any atom is 0.269 e. The fraction of sp³-hybridized carbons (Fsp3) is 0.500. The van der Waals surface area contributed by atoms with Crippen molar-refractivity contribution in [3.8, 4) is 6.07 Å². The summed E-state index contributed by atoms with van der Waals surface area (Å²) in [5.41, 5.74) is 4.62. The summed E-state index contributed by atoms with van der Waals surface area (Å²) in [5.74, 6) is 1.02. The topological polar surface area (TPSA) is 108 Å². The van der Waals surface area contributed by atoms with Gasteiger partial charge in [-0.25, -0.2) is 5.43 Å². The Morgan fingerprint density at radius 1 is 1.38 bits per heavy atom. The van der Waals surface area contributed by atoms with Gasteiger partial charge >= 0.3 is 0 Å². The molecular weight excluding hydrogens is 352 g/mol. The summed E-state index contributed by atoms with van der Waals surface area (Å²) < 4.78 is 0. The van der Waals surface area contributed by atoms with E-state index in [9.17, 15) is 14.9 Å². The lowest BCUT2D eigenvalue weighted by Gasteiger charge is -2.23. The molecule has 8 heteroatoms. The summed E-state index contributed by atoms with van der Waals surface area (Å²) in [7, 11) is 0. The number of nitriles is 1. The van der Waals surface area contributed by atoms with Gasteiger partial charge in [-0.3, -0.25) is 14.9 Å². The van der Waals surface area contributed by atoms with E-state index in [-0.39, 0.29) is 17.3 Å². The number of benzene rings is 1. The van der Waals surface area contributed by atoms with Gasteiger partial charge in [-0.2, -0.15) is 10.4 Å². The number of thioether (sulfide) groups is 1. The van der Waals surface area contributed by atoms with Crippen LogP contribution in [0.15, 0.2) is 29.4 Å². The second-order valence-corrected chi connectivity index (χ2v) is 7.18.